The van der Waals surface area contributed by atoms with Crippen LogP contribution < -0.4 is 0 Å². The van der Waals surface area contributed by atoms with Gasteiger partial charge in [0.15, 0.2) is 0 Å². The van der Waals surface area contributed by atoms with Crippen molar-refractivity contribution >= 4 is 6.09 Å². The first-order valence-electron chi connectivity index (χ1n) is 13.7. The summed E-state index contributed by atoms with van der Waals surface area (Å²) in [7, 11) is 1.47. The topological polar surface area (TPSA) is 65.8 Å². The molecule has 3 aliphatic rings. The molecule has 1 amide bonds. The monoisotopic (exact) mass is 495 g/mol. The van der Waals surface area contributed by atoms with Crippen molar-refractivity contribution in [2.24, 2.45) is 0 Å². The molecule has 1 saturated carbocycles. The fraction of sp³-hybridized carbons (Fsp3) is 0.655. The van der Waals surface area contributed by atoms with Gasteiger partial charge in [-0.2, -0.15) is 5.10 Å². The van der Waals surface area contributed by atoms with Crippen molar-refractivity contribution in [3.05, 3.63) is 53.3 Å². The Hall–Kier alpha value is -2.38. The summed E-state index contributed by atoms with van der Waals surface area (Å²) in [4.78, 5) is 14.8. The molecule has 4 atom stereocenters. The van der Waals surface area contributed by atoms with E-state index in [0.29, 0.717) is 12.5 Å². The van der Waals surface area contributed by atoms with E-state index in [4.69, 9.17) is 19.3 Å². The van der Waals surface area contributed by atoms with Gasteiger partial charge in [0.25, 0.3) is 0 Å². The molecule has 36 heavy (non-hydrogen) atoms. The van der Waals surface area contributed by atoms with Crippen LogP contribution in [0.2, 0.25) is 0 Å². The van der Waals surface area contributed by atoms with Crippen molar-refractivity contribution in [2.45, 2.75) is 101 Å². The van der Waals surface area contributed by atoms with Crippen LogP contribution in [0.4, 0.5) is 4.79 Å². The van der Waals surface area contributed by atoms with Crippen LogP contribution >= 0.6 is 0 Å². The van der Waals surface area contributed by atoms with E-state index in [0.717, 1.165) is 63.5 Å². The Morgan fingerprint density at radius 2 is 1.89 bits per heavy atom. The van der Waals surface area contributed by atoms with Crippen LogP contribution in [0, 0.1) is 6.92 Å². The lowest BCUT2D eigenvalue weighted by atomic mass is 9.83. The molecule has 196 valence electrons. The summed E-state index contributed by atoms with van der Waals surface area (Å²) >= 11 is 0. The predicted octanol–water partition coefficient (Wildman–Crippen LogP) is 5.95. The number of aromatic nitrogens is 2. The minimum absolute atomic E-state index is 0.0280. The van der Waals surface area contributed by atoms with Crippen molar-refractivity contribution in [2.75, 3.05) is 20.3 Å². The lowest BCUT2D eigenvalue weighted by Crippen LogP contribution is -2.44. The Bertz CT molecular complexity index is 995. The summed E-state index contributed by atoms with van der Waals surface area (Å²) < 4.78 is 20.0. The van der Waals surface area contributed by atoms with E-state index in [-0.39, 0.29) is 36.4 Å². The van der Waals surface area contributed by atoms with E-state index < -0.39 is 0 Å². The van der Waals surface area contributed by atoms with Gasteiger partial charge in [-0.3, -0.25) is 4.90 Å². The number of amides is 1. The quantitative estimate of drug-likeness (QED) is 0.496. The van der Waals surface area contributed by atoms with Crippen LogP contribution in [0.3, 0.4) is 0 Å². The molecule has 0 spiro atoms. The molecule has 5 rings (SSSR count). The largest absolute Gasteiger partial charge is 0.453 e. The zero-order valence-corrected chi connectivity index (χ0v) is 22.0. The second-order valence-corrected chi connectivity index (χ2v) is 10.8. The van der Waals surface area contributed by atoms with Gasteiger partial charge in [0.2, 0.25) is 0 Å². The van der Waals surface area contributed by atoms with Gasteiger partial charge in [-0.25, -0.2) is 9.48 Å². The highest BCUT2D eigenvalue weighted by atomic mass is 16.5. The lowest BCUT2D eigenvalue weighted by molar-refractivity contribution is -0.0430. The number of carbonyl (C=O) groups is 1. The molecule has 7 heteroatoms. The number of methoxy groups -OCH3 is 1. The zero-order valence-electron chi connectivity index (χ0n) is 22.0. The SMILES string of the molecule is COC(=O)N1C(COC2CCC(c3ccccc3)CC2)C(c2c(C)cnn2C2CCCCO2)C[C@H]1C. The lowest BCUT2D eigenvalue weighted by Gasteiger charge is -2.34. The Labute approximate surface area is 215 Å². The maximum atomic E-state index is 12.9. The summed E-state index contributed by atoms with van der Waals surface area (Å²) in [6, 6.07) is 10.8. The highest BCUT2D eigenvalue weighted by molar-refractivity contribution is 5.69. The first-order chi connectivity index (χ1) is 17.6. The number of nitrogens with zero attached hydrogens (tertiary/aromatic N) is 3. The second-order valence-electron chi connectivity index (χ2n) is 10.8. The van der Waals surface area contributed by atoms with Gasteiger partial charge < -0.3 is 14.2 Å². The van der Waals surface area contributed by atoms with Gasteiger partial charge in [0.05, 0.1) is 32.1 Å². The molecule has 2 saturated heterocycles. The first kappa shape index (κ1) is 25.3. The maximum absolute atomic E-state index is 12.9. The fourth-order valence-electron chi connectivity index (χ4n) is 6.66. The standard InChI is InChI=1S/C29H41N3O4/c1-20-18-30-32(27-11-7-8-16-35-27)28(20)25-17-21(2)31(29(33)34-3)26(25)19-36-24-14-12-23(13-15-24)22-9-5-4-6-10-22/h4-6,9-10,18,21,23-27H,7-8,11-17,19H2,1-3H3/t21-,23?,24?,25?,26?,27?/m1/s1. The third-order valence-corrected chi connectivity index (χ3v) is 8.53. The summed E-state index contributed by atoms with van der Waals surface area (Å²) in [5, 5.41) is 4.74. The average molecular weight is 496 g/mol. The minimum Gasteiger partial charge on any atom is -0.453 e. The molecule has 3 fully saturated rings. The Balaban J connectivity index is 1.31. The number of benzene rings is 1. The van der Waals surface area contributed by atoms with Crippen molar-refractivity contribution in [1.29, 1.82) is 0 Å². The van der Waals surface area contributed by atoms with E-state index in [2.05, 4.69) is 48.9 Å². The van der Waals surface area contributed by atoms with E-state index in [1.165, 1.54) is 18.4 Å². The highest BCUT2D eigenvalue weighted by Gasteiger charge is 2.46. The van der Waals surface area contributed by atoms with Gasteiger partial charge in [-0.15, -0.1) is 0 Å². The fourth-order valence-corrected chi connectivity index (χ4v) is 6.66. The number of rotatable bonds is 6. The predicted molar refractivity (Wildman–Crippen MR) is 138 cm³/mol. The molecular weight excluding hydrogens is 454 g/mol. The summed E-state index contributed by atoms with van der Waals surface area (Å²) in [5.41, 5.74) is 3.77. The number of aryl methyl sites for hydroxylation is 1. The van der Waals surface area contributed by atoms with Crippen molar-refractivity contribution in [3.8, 4) is 0 Å². The first-order valence-corrected chi connectivity index (χ1v) is 13.7. The van der Waals surface area contributed by atoms with Crippen LogP contribution in [0.25, 0.3) is 0 Å². The van der Waals surface area contributed by atoms with Gasteiger partial charge in [-0.05, 0) is 82.3 Å². The van der Waals surface area contributed by atoms with E-state index in [1.54, 1.807) is 0 Å². The van der Waals surface area contributed by atoms with Gasteiger partial charge in [0, 0.05) is 24.3 Å². The third kappa shape index (κ3) is 5.18. The molecule has 3 unspecified atom stereocenters. The number of hydrogen-bond donors (Lipinski definition) is 0. The van der Waals surface area contributed by atoms with Gasteiger partial charge >= 0.3 is 6.09 Å². The Morgan fingerprint density at radius 1 is 1.11 bits per heavy atom. The number of hydrogen-bond acceptors (Lipinski definition) is 5. The Kier molecular flexibility index (Phi) is 7.96. The second kappa shape index (κ2) is 11.3. The molecule has 2 aromatic rings. The number of likely N-dealkylation sites (tertiary alicyclic amines) is 1. The van der Waals surface area contributed by atoms with E-state index in [1.807, 2.05) is 11.1 Å². The molecule has 1 aromatic heterocycles. The van der Waals surface area contributed by atoms with Gasteiger partial charge in [0.1, 0.15) is 6.23 Å². The molecule has 3 heterocycles. The number of ether oxygens (including phenoxy) is 3. The van der Waals surface area contributed by atoms with Crippen LogP contribution in [0.15, 0.2) is 36.5 Å². The van der Waals surface area contributed by atoms with Gasteiger partial charge in [-0.1, -0.05) is 30.3 Å². The van der Waals surface area contributed by atoms with E-state index in [9.17, 15) is 4.79 Å². The zero-order chi connectivity index (χ0) is 25.1. The molecule has 1 aliphatic carbocycles. The van der Waals surface area contributed by atoms with Crippen LogP contribution in [0.1, 0.15) is 93.2 Å². The molecular formula is C29H41N3O4. The normalized spacial score (nSPS) is 30.9. The smallest absolute Gasteiger partial charge is 0.410 e. The Morgan fingerprint density at radius 3 is 2.58 bits per heavy atom. The minimum atomic E-state index is -0.274. The number of carbonyl (C=O) groups excluding carboxylic acids is 1. The molecule has 2 aliphatic heterocycles. The van der Waals surface area contributed by atoms with Crippen LogP contribution in [-0.4, -0.2) is 59.3 Å². The van der Waals surface area contributed by atoms with Crippen molar-refractivity contribution in [3.63, 3.8) is 0 Å². The van der Waals surface area contributed by atoms with Crippen molar-refractivity contribution in [1.82, 2.24) is 14.7 Å². The van der Waals surface area contributed by atoms with Crippen LogP contribution in [-0.2, 0) is 14.2 Å². The van der Waals surface area contributed by atoms with Crippen LogP contribution in [0.5, 0.6) is 0 Å². The molecule has 0 radical (unpaired) electrons. The average Bonchev–Trinajstić information content (AvgIpc) is 3.47. The third-order valence-electron chi connectivity index (χ3n) is 8.53. The summed E-state index contributed by atoms with van der Waals surface area (Å²) in [6.45, 7) is 5.52. The molecule has 7 nitrogen and oxygen atoms in total. The summed E-state index contributed by atoms with van der Waals surface area (Å²) in [6.07, 6.45) is 10.4. The van der Waals surface area contributed by atoms with E-state index >= 15 is 0 Å². The maximum Gasteiger partial charge on any atom is 0.410 e. The molecule has 0 bridgehead atoms. The molecule has 1 aromatic carbocycles. The summed E-state index contributed by atoms with van der Waals surface area (Å²) in [5.74, 6) is 0.747. The highest BCUT2D eigenvalue weighted by Crippen LogP contribution is 2.42. The molecule has 0 N–H and O–H groups in total. The van der Waals surface area contributed by atoms with Crippen molar-refractivity contribution < 1.29 is 19.0 Å².